The Labute approximate surface area is 103 Å². The number of piperidine rings is 1. The Balaban J connectivity index is 1.96. The van der Waals surface area contributed by atoms with Crippen LogP contribution >= 0.6 is 0 Å². The van der Waals surface area contributed by atoms with Crippen molar-refractivity contribution >= 4 is 0 Å². The highest BCUT2D eigenvalue weighted by molar-refractivity contribution is 5.14. The van der Waals surface area contributed by atoms with Gasteiger partial charge in [-0.3, -0.25) is 4.90 Å². The first-order chi connectivity index (χ1) is 8.12. The molecular weight excluding hydrogens is 214 g/mol. The fourth-order valence-corrected chi connectivity index (χ4v) is 2.43. The van der Waals surface area contributed by atoms with Gasteiger partial charge in [-0.15, -0.1) is 0 Å². The number of rotatable bonds is 3. The molecule has 0 spiro atoms. The quantitative estimate of drug-likeness (QED) is 0.828. The normalized spacial score (nSPS) is 30.4. The van der Waals surface area contributed by atoms with Crippen molar-refractivity contribution in [2.24, 2.45) is 5.92 Å². The molecule has 94 valence electrons. The van der Waals surface area contributed by atoms with Crippen molar-refractivity contribution in [3.05, 3.63) is 35.9 Å². The van der Waals surface area contributed by atoms with E-state index in [1.54, 1.807) is 0 Å². The largest absolute Gasteiger partial charge is 0.396 e. The van der Waals surface area contributed by atoms with Crippen molar-refractivity contribution in [2.75, 3.05) is 19.7 Å². The van der Waals surface area contributed by atoms with E-state index in [-0.39, 0.29) is 12.5 Å². The molecule has 1 fully saturated rings. The van der Waals surface area contributed by atoms with Crippen LogP contribution in [0.1, 0.15) is 18.9 Å². The molecule has 3 nitrogen and oxygen atoms in total. The Morgan fingerprint density at radius 1 is 1.35 bits per heavy atom. The third-order valence-electron chi connectivity index (χ3n) is 3.76. The maximum Gasteiger partial charge on any atom is 0.0694 e. The van der Waals surface area contributed by atoms with Gasteiger partial charge in [0.25, 0.3) is 0 Å². The zero-order valence-electron chi connectivity index (χ0n) is 10.3. The minimum Gasteiger partial charge on any atom is -0.396 e. The van der Waals surface area contributed by atoms with Crippen LogP contribution < -0.4 is 0 Å². The lowest BCUT2D eigenvalue weighted by molar-refractivity contribution is -0.0770. The molecule has 2 rings (SSSR count). The van der Waals surface area contributed by atoms with Gasteiger partial charge < -0.3 is 10.2 Å². The van der Waals surface area contributed by atoms with Crippen molar-refractivity contribution in [2.45, 2.75) is 25.5 Å². The summed E-state index contributed by atoms with van der Waals surface area (Å²) in [7, 11) is 0. The van der Waals surface area contributed by atoms with Crippen molar-refractivity contribution in [3.63, 3.8) is 0 Å². The number of likely N-dealkylation sites (tertiary alicyclic amines) is 1. The van der Waals surface area contributed by atoms with Gasteiger partial charge in [0.05, 0.1) is 5.60 Å². The summed E-state index contributed by atoms with van der Waals surface area (Å²) in [4.78, 5) is 2.30. The van der Waals surface area contributed by atoms with Crippen LogP contribution in [0.5, 0.6) is 0 Å². The molecule has 0 aromatic heterocycles. The summed E-state index contributed by atoms with van der Waals surface area (Å²) in [5.74, 6) is -0.0417. The first-order valence-electron chi connectivity index (χ1n) is 6.21. The van der Waals surface area contributed by atoms with E-state index >= 15 is 0 Å². The molecule has 17 heavy (non-hydrogen) atoms. The van der Waals surface area contributed by atoms with Gasteiger partial charge in [-0.05, 0) is 18.9 Å². The third kappa shape index (κ3) is 3.06. The van der Waals surface area contributed by atoms with Crippen LogP contribution in [-0.2, 0) is 6.54 Å². The first-order valence-corrected chi connectivity index (χ1v) is 6.21. The second-order valence-corrected chi connectivity index (χ2v) is 5.21. The average molecular weight is 235 g/mol. The smallest absolute Gasteiger partial charge is 0.0694 e. The SMILES string of the molecule is CC1(O)CCN(Cc2ccccc2)CC1CO. The van der Waals surface area contributed by atoms with Crippen LogP contribution in [-0.4, -0.2) is 40.4 Å². The molecule has 1 aromatic carbocycles. The summed E-state index contributed by atoms with van der Waals surface area (Å²) in [6.45, 7) is 4.43. The number of aliphatic hydroxyl groups excluding tert-OH is 1. The lowest BCUT2D eigenvalue weighted by Gasteiger charge is -2.42. The monoisotopic (exact) mass is 235 g/mol. The molecule has 1 aromatic rings. The Morgan fingerprint density at radius 3 is 2.71 bits per heavy atom. The van der Waals surface area contributed by atoms with Crippen LogP contribution in [0.15, 0.2) is 30.3 Å². The standard InChI is InChI=1S/C14H21NO2/c1-14(17)7-8-15(10-13(14)11-16)9-12-5-3-2-4-6-12/h2-6,13,16-17H,7-11H2,1H3. The molecule has 2 N–H and O–H groups in total. The molecule has 0 amide bonds. The zero-order chi connectivity index (χ0) is 12.3. The summed E-state index contributed by atoms with van der Waals surface area (Å²) in [6, 6.07) is 10.3. The van der Waals surface area contributed by atoms with Crippen LogP contribution in [0, 0.1) is 5.92 Å². The van der Waals surface area contributed by atoms with Crippen molar-refractivity contribution in [3.8, 4) is 0 Å². The Kier molecular flexibility index (Phi) is 3.82. The summed E-state index contributed by atoms with van der Waals surface area (Å²) in [5.41, 5.74) is 0.563. The Bertz CT molecular complexity index is 350. The summed E-state index contributed by atoms with van der Waals surface area (Å²) in [6.07, 6.45) is 0.727. The minimum absolute atomic E-state index is 0.0417. The lowest BCUT2D eigenvalue weighted by atomic mass is 9.83. The number of benzene rings is 1. The van der Waals surface area contributed by atoms with E-state index in [4.69, 9.17) is 0 Å². The second-order valence-electron chi connectivity index (χ2n) is 5.21. The summed E-state index contributed by atoms with van der Waals surface area (Å²) >= 11 is 0. The summed E-state index contributed by atoms with van der Waals surface area (Å²) < 4.78 is 0. The molecule has 0 aliphatic carbocycles. The van der Waals surface area contributed by atoms with Gasteiger partial charge in [-0.25, -0.2) is 0 Å². The van der Waals surface area contributed by atoms with Gasteiger partial charge in [0.1, 0.15) is 0 Å². The number of aliphatic hydroxyl groups is 2. The number of hydrogen-bond acceptors (Lipinski definition) is 3. The van der Waals surface area contributed by atoms with E-state index in [9.17, 15) is 10.2 Å². The second kappa shape index (κ2) is 5.17. The van der Waals surface area contributed by atoms with Crippen LogP contribution in [0.4, 0.5) is 0 Å². The van der Waals surface area contributed by atoms with Gasteiger partial charge in [0.2, 0.25) is 0 Å². The molecule has 0 saturated carbocycles. The summed E-state index contributed by atoms with van der Waals surface area (Å²) in [5, 5.41) is 19.5. The third-order valence-corrected chi connectivity index (χ3v) is 3.76. The molecule has 2 atom stereocenters. The fourth-order valence-electron chi connectivity index (χ4n) is 2.43. The molecule has 1 aliphatic heterocycles. The Morgan fingerprint density at radius 2 is 2.06 bits per heavy atom. The fraction of sp³-hybridized carbons (Fsp3) is 0.571. The molecule has 0 bridgehead atoms. The minimum atomic E-state index is -0.720. The molecule has 1 saturated heterocycles. The van der Waals surface area contributed by atoms with Crippen molar-refractivity contribution < 1.29 is 10.2 Å². The van der Waals surface area contributed by atoms with E-state index in [2.05, 4.69) is 17.0 Å². The number of nitrogens with zero attached hydrogens (tertiary/aromatic N) is 1. The van der Waals surface area contributed by atoms with E-state index in [1.165, 1.54) is 5.56 Å². The van der Waals surface area contributed by atoms with Gasteiger partial charge in [-0.1, -0.05) is 30.3 Å². The van der Waals surface area contributed by atoms with E-state index in [1.807, 2.05) is 25.1 Å². The highest BCUT2D eigenvalue weighted by atomic mass is 16.3. The van der Waals surface area contributed by atoms with Crippen LogP contribution in [0.25, 0.3) is 0 Å². The maximum atomic E-state index is 10.1. The lowest BCUT2D eigenvalue weighted by Crippen LogP contribution is -2.51. The predicted octanol–water partition coefficient (Wildman–Crippen LogP) is 1.25. The van der Waals surface area contributed by atoms with Gasteiger partial charge >= 0.3 is 0 Å². The molecule has 3 heteroatoms. The van der Waals surface area contributed by atoms with E-state index < -0.39 is 5.60 Å². The Hall–Kier alpha value is -0.900. The van der Waals surface area contributed by atoms with E-state index in [0.29, 0.717) is 0 Å². The van der Waals surface area contributed by atoms with Gasteiger partial charge in [0.15, 0.2) is 0 Å². The molecule has 1 heterocycles. The average Bonchev–Trinajstić information content (AvgIpc) is 2.33. The molecule has 1 aliphatic rings. The van der Waals surface area contributed by atoms with Crippen LogP contribution in [0.2, 0.25) is 0 Å². The number of hydrogen-bond donors (Lipinski definition) is 2. The highest BCUT2D eigenvalue weighted by Gasteiger charge is 2.36. The van der Waals surface area contributed by atoms with Gasteiger partial charge in [-0.2, -0.15) is 0 Å². The predicted molar refractivity (Wildman–Crippen MR) is 67.5 cm³/mol. The molecule has 0 radical (unpaired) electrons. The van der Waals surface area contributed by atoms with Crippen molar-refractivity contribution in [1.82, 2.24) is 4.90 Å². The maximum absolute atomic E-state index is 10.1. The van der Waals surface area contributed by atoms with Gasteiger partial charge in [0, 0.05) is 32.2 Å². The molecule has 2 unspecified atom stereocenters. The highest BCUT2D eigenvalue weighted by Crippen LogP contribution is 2.27. The topological polar surface area (TPSA) is 43.7 Å². The first kappa shape index (κ1) is 12.6. The van der Waals surface area contributed by atoms with E-state index in [0.717, 1.165) is 26.1 Å². The van der Waals surface area contributed by atoms with Crippen molar-refractivity contribution in [1.29, 1.82) is 0 Å². The van der Waals surface area contributed by atoms with Crippen LogP contribution in [0.3, 0.4) is 0 Å². The zero-order valence-corrected chi connectivity index (χ0v) is 10.3. The molecular formula is C14H21NO2.